The Balaban J connectivity index is 2.21. The molecule has 0 aliphatic heterocycles. The lowest BCUT2D eigenvalue weighted by molar-refractivity contribution is 0.0987. The molecule has 0 saturated heterocycles. The lowest BCUT2D eigenvalue weighted by Crippen LogP contribution is -2.11. The normalized spacial score (nSPS) is 10.6. The van der Waals surface area contributed by atoms with Crippen LogP contribution >= 0.6 is 0 Å². The van der Waals surface area contributed by atoms with Crippen LogP contribution in [0.15, 0.2) is 48.5 Å². The van der Waals surface area contributed by atoms with Crippen LogP contribution in [-0.2, 0) is 6.42 Å². The van der Waals surface area contributed by atoms with Gasteiger partial charge in [-0.3, -0.25) is 4.79 Å². The maximum absolute atomic E-state index is 13.1. The van der Waals surface area contributed by atoms with E-state index in [1.807, 2.05) is 19.9 Å². The van der Waals surface area contributed by atoms with E-state index in [9.17, 15) is 9.18 Å². The zero-order chi connectivity index (χ0) is 14.5. The molecule has 2 nitrogen and oxygen atoms in total. The maximum Gasteiger partial charge on any atom is 0.170 e. The van der Waals surface area contributed by atoms with E-state index in [2.05, 4.69) is 0 Å². The predicted octanol–water partition coefficient (Wildman–Crippen LogP) is 4.04. The van der Waals surface area contributed by atoms with Gasteiger partial charge in [0.2, 0.25) is 0 Å². The molecule has 0 atom stereocenters. The standard InChI is InChI=1S/C17H17FO2/c1-12(2)20-17-9-4-3-8-15(17)16(19)11-13-6-5-7-14(18)10-13/h3-10,12H,11H2,1-2H3. The molecule has 2 rings (SSSR count). The van der Waals surface area contributed by atoms with Crippen molar-refractivity contribution >= 4 is 5.78 Å². The van der Waals surface area contributed by atoms with Crippen molar-refractivity contribution in [1.82, 2.24) is 0 Å². The molecule has 0 fully saturated rings. The Morgan fingerprint density at radius 3 is 2.60 bits per heavy atom. The summed E-state index contributed by atoms with van der Waals surface area (Å²) >= 11 is 0. The Labute approximate surface area is 118 Å². The lowest BCUT2D eigenvalue weighted by Gasteiger charge is -2.13. The van der Waals surface area contributed by atoms with Gasteiger partial charge in [0, 0.05) is 6.42 Å². The van der Waals surface area contributed by atoms with Crippen LogP contribution in [0.25, 0.3) is 0 Å². The number of Topliss-reactive ketones (excluding diaryl/α,β-unsaturated/α-hetero) is 1. The zero-order valence-corrected chi connectivity index (χ0v) is 11.6. The SMILES string of the molecule is CC(C)Oc1ccccc1C(=O)Cc1cccc(F)c1. The molecule has 0 unspecified atom stereocenters. The first-order valence-corrected chi connectivity index (χ1v) is 6.59. The summed E-state index contributed by atoms with van der Waals surface area (Å²) in [4.78, 5) is 12.3. The quantitative estimate of drug-likeness (QED) is 0.768. The van der Waals surface area contributed by atoms with Crippen molar-refractivity contribution in [3.05, 3.63) is 65.5 Å². The molecule has 0 aromatic heterocycles. The van der Waals surface area contributed by atoms with E-state index < -0.39 is 0 Å². The second kappa shape index (κ2) is 6.33. The Bertz CT molecular complexity index is 605. The van der Waals surface area contributed by atoms with Gasteiger partial charge in [-0.05, 0) is 43.7 Å². The van der Waals surface area contributed by atoms with E-state index in [0.717, 1.165) is 0 Å². The average molecular weight is 272 g/mol. The smallest absolute Gasteiger partial charge is 0.170 e. The van der Waals surface area contributed by atoms with Crippen molar-refractivity contribution in [2.45, 2.75) is 26.4 Å². The van der Waals surface area contributed by atoms with Crippen molar-refractivity contribution in [3.8, 4) is 5.75 Å². The Kier molecular flexibility index (Phi) is 4.51. The molecule has 0 amide bonds. The van der Waals surface area contributed by atoms with E-state index in [1.165, 1.54) is 12.1 Å². The fraction of sp³-hybridized carbons (Fsp3) is 0.235. The first kappa shape index (κ1) is 14.3. The van der Waals surface area contributed by atoms with E-state index >= 15 is 0 Å². The number of halogens is 1. The fourth-order valence-corrected chi connectivity index (χ4v) is 1.98. The Morgan fingerprint density at radius 1 is 1.15 bits per heavy atom. The van der Waals surface area contributed by atoms with Crippen molar-refractivity contribution in [2.24, 2.45) is 0 Å². The molecule has 20 heavy (non-hydrogen) atoms. The monoisotopic (exact) mass is 272 g/mol. The number of carbonyl (C=O) groups excluding carboxylic acids is 1. The third kappa shape index (κ3) is 3.67. The van der Waals surface area contributed by atoms with Crippen LogP contribution in [0, 0.1) is 5.82 Å². The summed E-state index contributed by atoms with van der Waals surface area (Å²) in [6.07, 6.45) is 0.161. The highest BCUT2D eigenvalue weighted by molar-refractivity contribution is 5.99. The highest BCUT2D eigenvalue weighted by atomic mass is 19.1. The van der Waals surface area contributed by atoms with Gasteiger partial charge in [0.1, 0.15) is 11.6 Å². The second-order valence-corrected chi connectivity index (χ2v) is 4.89. The Morgan fingerprint density at radius 2 is 1.90 bits per heavy atom. The topological polar surface area (TPSA) is 26.3 Å². The number of hydrogen-bond donors (Lipinski definition) is 0. The number of ketones is 1. The fourth-order valence-electron chi connectivity index (χ4n) is 1.98. The van der Waals surface area contributed by atoms with Crippen LogP contribution in [0.2, 0.25) is 0 Å². The summed E-state index contributed by atoms with van der Waals surface area (Å²) in [5.74, 6) is 0.165. The van der Waals surface area contributed by atoms with Gasteiger partial charge >= 0.3 is 0 Å². The summed E-state index contributed by atoms with van der Waals surface area (Å²) in [6.45, 7) is 3.82. The molecule has 0 spiro atoms. The molecule has 0 heterocycles. The van der Waals surface area contributed by atoms with Gasteiger partial charge in [0.25, 0.3) is 0 Å². The molecule has 3 heteroatoms. The highest BCUT2D eigenvalue weighted by Crippen LogP contribution is 2.21. The number of ether oxygens (including phenoxy) is 1. The van der Waals surface area contributed by atoms with Crippen molar-refractivity contribution in [3.63, 3.8) is 0 Å². The molecule has 0 saturated carbocycles. The van der Waals surface area contributed by atoms with E-state index in [0.29, 0.717) is 16.9 Å². The van der Waals surface area contributed by atoms with Gasteiger partial charge in [0.15, 0.2) is 5.78 Å². The molecule has 0 radical (unpaired) electrons. The van der Waals surface area contributed by atoms with Gasteiger partial charge in [-0.2, -0.15) is 0 Å². The molecule has 0 N–H and O–H groups in total. The maximum atomic E-state index is 13.1. The van der Waals surface area contributed by atoms with E-state index in [1.54, 1.807) is 30.3 Å². The first-order valence-electron chi connectivity index (χ1n) is 6.59. The molecule has 0 aliphatic carbocycles. The van der Waals surface area contributed by atoms with Crippen molar-refractivity contribution in [1.29, 1.82) is 0 Å². The lowest BCUT2D eigenvalue weighted by atomic mass is 10.0. The van der Waals surface area contributed by atoms with Crippen molar-refractivity contribution in [2.75, 3.05) is 0 Å². The van der Waals surface area contributed by atoms with Gasteiger partial charge in [0.05, 0.1) is 11.7 Å². The van der Waals surface area contributed by atoms with Gasteiger partial charge < -0.3 is 4.74 Å². The second-order valence-electron chi connectivity index (χ2n) is 4.89. The summed E-state index contributed by atoms with van der Waals surface area (Å²) in [7, 11) is 0. The van der Waals surface area contributed by atoms with Crippen LogP contribution in [0.5, 0.6) is 5.75 Å². The average Bonchev–Trinajstić information content (AvgIpc) is 2.38. The van der Waals surface area contributed by atoms with Crippen LogP contribution in [-0.4, -0.2) is 11.9 Å². The highest BCUT2D eigenvalue weighted by Gasteiger charge is 2.13. The molecule has 0 bridgehead atoms. The largest absolute Gasteiger partial charge is 0.490 e. The minimum Gasteiger partial charge on any atom is -0.490 e. The number of para-hydroxylation sites is 1. The number of rotatable bonds is 5. The third-order valence-corrected chi connectivity index (χ3v) is 2.80. The summed E-state index contributed by atoms with van der Waals surface area (Å²) in [5.41, 5.74) is 1.19. The number of benzene rings is 2. The van der Waals surface area contributed by atoms with E-state index in [-0.39, 0.29) is 24.1 Å². The van der Waals surface area contributed by atoms with Crippen LogP contribution in [0.4, 0.5) is 4.39 Å². The van der Waals surface area contributed by atoms with Crippen LogP contribution in [0.1, 0.15) is 29.8 Å². The third-order valence-electron chi connectivity index (χ3n) is 2.80. The van der Waals surface area contributed by atoms with Crippen molar-refractivity contribution < 1.29 is 13.9 Å². The van der Waals surface area contributed by atoms with E-state index in [4.69, 9.17) is 4.74 Å². The van der Waals surface area contributed by atoms with Crippen LogP contribution < -0.4 is 4.74 Å². The van der Waals surface area contributed by atoms with Crippen LogP contribution in [0.3, 0.4) is 0 Å². The minimum atomic E-state index is -0.331. The molecule has 0 aliphatic rings. The molecular weight excluding hydrogens is 255 g/mol. The predicted molar refractivity (Wildman–Crippen MR) is 76.6 cm³/mol. The van der Waals surface area contributed by atoms with Gasteiger partial charge in [-0.15, -0.1) is 0 Å². The summed E-state index contributed by atoms with van der Waals surface area (Å²) < 4.78 is 18.8. The number of carbonyl (C=O) groups is 1. The molecule has 2 aromatic rings. The summed E-state index contributed by atoms with van der Waals surface area (Å²) in [5, 5.41) is 0. The summed E-state index contributed by atoms with van der Waals surface area (Å²) in [6, 6.07) is 13.2. The zero-order valence-electron chi connectivity index (χ0n) is 11.6. The molecule has 104 valence electrons. The van der Waals surface area contributed by atoms with Gasteiger partial charge in [-0.25, -0.2) is 4.39 Å². The molecular formula is C17H17FO2. The Hall–Kier alpha value is -2.16. The minimum absolute atomic E-state index is 0.00174. The first-order chi connectivity index (χ1) is 9.56. The van der Waals surface area contributed by atoms with Gasteiger partial charge in [-0.1, -0.05) is 24.3 Å². The number of hydrogen-bond acceptors (Lipinski definition) is 2. The molecule has 2 aromatic carbocycles.